The number of rotatable bonds is 6. The van der Waals surface area contributed by atoms with Gasteiger partial charge in [0.1, 0.15) is 0 Å². The van der Waals surface area contributed by atoms with E-state index in [-0.39, 0.29) is 11.5 Å². The number of benzene rings is 1. The molecule has 1 aromatic carbocycles. The molecule has 3 rings (SSSR count). The summed E-state index contributed by atoms with van der Waals surface area (Å²) in [6.07, 6.45) is 2.59. The first-order chi connectivity index (χ1) is 12.1. The van der Waals surface area contributed by atoms with Gasteiger partial charge >= 0.3 is 0 Å². The number of thiazole rings is 1. The van der Waals surface area contributed by atoms with Gasteiger partial charge in [0.2, 0.25) is 5.91 Å². The summed E-state index contributed by atoms with van der Waals surface area (Å²) in [6.45, 7) is 4.07. The van der Waals surface area contributed by atoms with E-state index in [1.165, 1.54) is 33.6 Å². The molecule has 130 valence electrons. The van der Waals surface area contributed by atoms with Gasteiger partial charge in [0, 0.05) is 29.1 Å². The summed E-state index contributed by atoms with van der Waals surface area (Å²) in [5.74, 6) is 0.817. The fourth-order valence-electron chi connectivity index (χ4n) is 2.59. The van der Waals surface area contributed by atoms with Gasteiger partial charge in [-0.1, -0.05) is 25.1 Å². The Balaban J connectivity index is 1.60. The van der Waals surface area contributed by atoms with Crippen LogP contribution in [0.1, 0.15) is 23.7 Å². The number of thioether (sulfide) groups is 1. The average molecular weight is 374 g/mol. The zero-order valence-corrected chi connectivity index (χ0v) is 15.7. The fourth-order valence-corrected chi connectivity index (χ4v) is 4.04. The molecular formula is C18H19N3O2S2. The predicted octanol–water partition coefficient (Wildman–Crippen LogP) is 3.50. The molecule has 0 saturated heterocycles. The number of carbonyl (C=O) groups is 1. The number of nitrogens with one attached hydrogen (secondary N) is 1. The maximum absolute atomic E-state index is 12.2. The quantitative estimate of drug-likeness (QED) is 0.718. The van der Waals surface area contributed by atoms with E-state index in [0.717, 1.165) is 23.2 Å². The zero-order chi connectivity index (χ0) is 17.8. The molecule has 7 heteroatoms. The smallest absolute Gasteiger partial charge is 0.258 e. The summed E-state index contributed by atoms with van der Waals surface area (Å²) in [6, 6.07) is 7.56. The zero-order valence-electron chi connectivity index (χ0n) is 14.1. The van der Waals surface area contributed by atoms with Crippen LogP contribution in [0.4, 0.5) is 5.69 Å². The summed E-state index contributed by atoms with van der Waals surface area (Å²) < 4.78 is 1.52. The van der Waals surface area contributed by atoms with Crippen molar-refractivity contribution < 1.29 is 4.79 Å². The molecule has 1 amide bonds. The number of para-hydroxylation sites is 1. The van der Waals surface area contributed by atoms with Crippen molar-refractivity contribution in [1.82, 2.24) is 9.38 Å². The first kappa shape index (κ1) is 17.7. The second-order valence-corrected chi connectivity index (χ2v) is 7.50. The maximum atomic E-state index is 12.2. The third kappa shape index (κ3) is 4.11. The Hall–Kier alpha value is -2.12. The second-order valence-electron chi connectivity index (χ2n) is 5.64. The van der Waals surface area contributed by atoms with Crippen molar-refractivity contribution >= 4 is 39.7 Å². The van der Waals surface area contributed by atoms with Gasteiger partial charge in [0.25, 0.3) is 5.56 Å². The van der Waals surface area contributed by atoms with Crippen molar-refractivity contribution in [3.05, 3.63) is 63.0 Å². The van der Waals surface area contributed by atoms with Gasteiger partial charge in [-0.25, -0.2) is 4.98 Å². The Morgan fingerprint density at radius 1 is 1.40 bits per heavy atom. The van der Waals surface area contributed by atoms with Crippen molar-refractivity contribution in [2.75, 3.05) is 11.1 Å². The normalized spacial score (nSPS) is 11.0. The van der Waals surface area contributed by atoms with Crippen molar-refractivity contribution in [3.8, 4) is 0 Å². The summed E-state index contributed by atoms with van der Waals surface area (Å²) in [5, 5.41) is 4.84. The molecule has 0 fully saturated rings. The number of amides is 1. The van der Waals surface area contributed by atoms with Gasteiger partial charge in [-0.2, -0.15) is 0 Å². The van der Waals surface area contributed by atoms with Gasteiger partial charge in [-0.05, 0) is 24.5 Å². The lowest BCUT2D eigenvalue weighted by Crippen LogP contribution is -2.17. The molecule has 0 unspecified atom stereocenters. The highest BCUT2D eigenvalue weighted by Gasteiger charge is 2.10. The summed E-state index contributed by atoms with van der Waals surface area (Å²) in [7, 11) is 0. The van der Waals surface area contributed by atoms with Crippen LogP contribution in [0, 0.1) is 6.92 Å². The molecule has 0 aliphatic carbocycles. The molecule has 0 atom stereocenters. The van der Waals surface area contributed by atoms with Crippen molar-refractivity contribution in [3.63, 3.8) is 0 Å². The van der Waals surface area contributed by atoms with Crippen LogP contribution >= 0.6 is 23.1 Å². The van der Waals surface area contributed by atoms with E-state index in [4.69, 9.17) is 0 Å². The Kier molecular flexibility index (Phi) is 5.55. The highest BCUT2D eigenvalue weighted by atomic mass is 32.2. The lowest BCUT2D eigenvalue weighted by atomic mass is 10.1. The van der Waals surface area contributed by atoms with Gasteiger partial charge in [0.15, 0.2) is 4.96 Å². The van der Waals surface area contributed by atoms with E-state index in [0.29, 0.717) is 22.2 Å². The number of aryl methyl sites for hydroxylation is 2. The highest BCUT2D eigenvalue weighted by Crippen LogP contribution is 2.21. The van der Waals surface area contributed by atoms with Crippen LogP contribution in [0.2, 0.25) is 0 Å². The molecular weight excluding hydrogens is 354 g/mol. The standard InChI is InChI=1S/C18H19N3O2S2/c1-3-13-6-4-5-12(2)17(13)20-15(22)11-24-10-14-9-16(23)21-7-8-25-18(21)19-14/h4-9H,3,10-11H2,1-2H3,(H,20,22). The number of carbonyl (C=O) groups excluding carboxylic acids is 1. The summed E-state index contributed by atoms with van der Waals surface area (Å²) >= 11 is 2.88. The number of nitrogens with zero attached hydrogens (tertiary/aromatic N) is 2. The molecule has 25 heavy (non-hydrogen) atoms. The highest BCUT2D eigenvalue weighted by molar-refractivity contribution is 7.99. The minimum absolute atomic E-state index is 0.0390. The molecule has 0 spiro atoms. The monoisotopic (exact) mass is 373 g/mol. The van der Waals surface area contributed by atoms with Gasteiger partial charge in [-0.15, -0.1) is 23.1 Å². The van der Waals surface area contributed by atoms with Crippen molar-refractivity contribution in [2.45, 2.75) is 26.0 Å². The maximum Gasteiger partial charge on any atom is 0.258 e. The predicted molar refractivity (Wildman–Crippen MR) is 105 cm³/mol. The summed E-state index contributed by atoms with van der Waals surface area (Å²) in [5.41, 5.74) is 3.73. The van der Waals surface area contributed by atoms with Gasteiger partial charge in [-0.3, -0.25) is 14.0 Å². The van der Waals surface area contributed by atoms with Crippen LogP contribution in [-0.4, -0.2) is 21.0 Å². The van der Waals surface area contributed by atoms with Crippen molar-refractivity contribution in [1.29, 1.82) is 0 Å². The van der Waals surface area contributed by atoms with Crippen LogP contribution < -0.4 is 10.9 Å². The minimum atomic E-state index is -0.0844. The topological polar surface area (TPSA) is 63.5 Å². The molecule has 0 saturated carbocycles. The Labute approximate surface area is 154 Å². The Morgan fingerprint density at radius 3 is 3.04 bits per heavy atom. The first-order valence-electron chi connectivity index (χ1n) is 8.00. The molecule has 0 bridgehead atoms. The molecule has 2 aromatic heterocycles. The van der Waals surface area contributed by atoms with Crippen LogP contribution in [0.5, 0.6) is 0 Å². The first-order valence-corrected chi connectivity index (χ1v) is 10.0. The lowest BCUT2D eigenvalue weighted by molar-refractivity contribution is -0.113. The van der Waals surface area contributed by atoms with Gasteiger partial charge < -0.3 is 5.32 Å². The number of fused-ring (bicyclic) bond motifs is 1. The van der Waals surface area contributed by atoms with Crippen LogP contribution in [0.3, 0.4) is 0 Å². The molecule has 2 heterocycles. The molecule has 5 nitrogen and oxygen atoms in total. The van der Waals surface area contributed by atoms with Crippen LogP contribution in [0.15, 0.2) is 40.6 Å². The number of anilines is 1. The SMILES string of the molecule is CCc1cccc(C)c1NC(=O)CSCc1cc(=O)n2ccsc2n1. The number of aromatic nitrogens is 2. The molecule has 0 radical (unpaired) electrons. The molecule has 1 N–H and O–H groups in total. The molecule has 0 aliphatic heterocycles. The van der Waals surface area contributed by atoms with E-state index in [1.54, 1.807) is 6.20 Å². The van der Waals surface area contributed by atoms with Crippen LogP contribution in [0.25, 0.3) is 4.96 Å². The Morgan fingerprint density at radius 2 is 2.24 bits per heavy atom. The van der Waals surface area contributed by atoms with E-state index in [2.05, 4.69) is 17.2 Å². The molecule has 0 aliphatic rings. The number of hydrogen-bond acceptors (Lipinski definition) is 5. The number of hydrogen-bond donors (Lipinski definition) is 1. The third-order valence-corrected chi connectivity index (χ3v) is 5.57. The van der Waals surface area contributed by atoms with Crippen molar-refractivity contribution in [2.24, 2.45) is 0 Å². The second kappa shape index (κ2) is 7.84. The minimum Gasteiger partial charge on any atom is -0.325 e. The van der Waals surface area contributed by atoms with E-state index in [9.17, 15) is 9.59 Å². The largest absolute Gasteiger partial charge is 0.325 e. The average Bonchev–Trinajstić information content (AvgIpc) is 3.06. The third-order valence-electron chi connectivity index (χ3n) is 3.84. The van der Waals surface area contributed by atoms with E-state index < -0.39 is 0 Å². The van der Waals surface area contributed by atoms with Gasteiger partial charge in [0.05, 0.1) is 11.4 Å². The molecule has 3 aromatic rings. The lowest BCUT2D eigenvalue weighted by Gasteiger charge is -2.12. The summed E-state index contributed by atoms with van der Waals surface area (Å²) in [4.78, 5) is 29.3. The fraction of sp³-hybridized carbons (Fsp3) is 0.278. The van der Waals surface area contributed by atoms with E-state index in [1.807, 2.05) is 30.5 Å². The van der Waals surface area contributed by atoms with E-state index >= 15 is 0 Å². The Bertz CT molecular complexity index is 962. The van der Waals surface area contributed by atoms with Crippen LogP contribution in [-0.2, 0) is 17.0 Å².